The number of benzene rings is 1. The van der Waals surface area contributed by atoms with Crippen LogP contribution in [0.4, 0.5) is 13.9 Å². The van der Waals surface area contributed by atoms with Gasteiger partial charge in [0, 0.05) is 5.75 Å². The van der Waals surface area contributed by atoms with Gasteiger partial charge < -0.3 is 4.74 Å². The number of rotatable bonds is 7. The molecule has 0 radical (unpaired) electrons. The third-order valence-corrected chi connectivity index (χ3v) is 4.27. The number of para-hydroxylation sites is 1. The molecule has 9 heteroatoms. The Hall–Kier alpha value is -2.00. The zero-order chi connectivity index (χ0) is 15.9. The van der Waals surface area contributed by atoms with E-state index in [2.05, 4.69) is 26.8 Å². The van der Waals surface area contributed by atoms with Crippen molar-refractivity contribution in [3.63, 3.8) is 0 Å². The van der Waals surface area contributed by atoms with Crippen LogP contribution >= 0.6 is 23.1 Å². The van der Waals surface area contributed by atoms with Crippen LogP contribution in [0.1, 0.15) is 10.4 Å². The minimum Gasteiger partial charge on any atom is -0.434 e. The Kier molecular flexibility index (Phi) is 5.84. The largest absolute Gasteiger partial charge is 0.434 e. The number of halogens is 2. The van der Waals surface area contributed by atoms with Gasteiger partial charge in [-0.3, -0.25) is 10.1 Å². The van der Waals surface area contributed by atoms with Gasteiger partial charge in [0.05, 0.1) is 5.56 Å². The maximum absolute atomic E-state index is 12.3. The summed E-state index contributed by atoms with van der Waals surface area (Å²) in [5.41, 5.74) is -0.00158. The minimum absolute atomic E-state index is 0.00158. The smallest absolute Gasteiger partial charge is 0.387 e. The van der Waals surface area contributed by atoms with Crippen LogP contribution < -0.4 is 10.1 Å². The Labute approximate surface area is 133 Å². The molecule has 2 rings (SSSR count). The lowest BCUT2D eigenvalue weighted by Gasteiger charge is -2.09. The van der Waals surface area contributed by atoms with Gasteiger partial charge >= 0.3 is 6.61 Å². The quantitative estimate of drug-likeness (QED) is 0.472. The first kappa shape index (κ1) is 16.4. The molecule has 0 spiro atoms. The van der Waals surface area contributed by atoms with Crippen LogP contribution in [0.25, 0.3) is 0 Å². The van der Waals surface area contributed by atoms with Crippen LogP contribution in [0.3, 0.4) is 0 Å². The van der Waals surface area contributed by atoms with Gasteiger partial charge in [-0.2, -0.15) is 8.78 Å². The number of hydrogen-bond acceptors (Lipinski definition) is 6. The molecule has 22 heavy (non-hydrogen) atoms. The molecule has 116 valence electrons. The minimum atomic E-state index is -3.00. The number of anilines is 1. The molecule has 0 aliphatic heterocycles. The summed E-state index contributed by atoms with van der Waals surface area (Å²) in [4.78, 5) is 12.1. The van der Waals surface area contributed by atoms with Crippen molar-refractivity contribution >= 4 is 34.1 Å². The van der Waals surface area contributed by atoms with E-state index >= 15 is 0 Å². The van der Waals surface area contributed by atoms with Gasteiger partial charge in [-0.1, -0.05) is 41.3 Å². The predicted octanol–water partition coefficient (Wildman–Crippen LogP) is 3.67. The van der Waals surface area contributed by atoms with Gasteiger partial charge in [-0.25, -0.2) is 0 Å². The van der Waals surface area contributed by atoms with Crippen LogP contribution in [0.15, 0.2) is 41.3 Å². The summed E-state index contributed by atoms with van der Waals surface area (Å²) >= 11 is 2.62. The number of amides is 1. The highest BCUT2D eigenvalue weighted by atomic mass is 32.2. The molecule has 0 aliphatic carbocycles. The number of hydrogen-bond donors (Lipinski definition) is 1. The fraction of sp³-hybridized carbons (Fsp3) is 0.154. The lowest BCUT2D eigenvalue weighted by molar-refractivity contribution is -0.0501. The van der Waals surface area contributed by atoms with Crippen molar-refractivity contribution in [2.24, 2.45) is 0 Å². The maximum Gasteiger partial charge on any atom is 0.387 e. The molecule has 2 aromatic rings. The normalized spacial score (nSPS) is 10.5. The van der Waals surface area contributed by atoms with Gasteiger partial charge in [0.25, 0.3) is 5.91 Å². The highest BCUT2D eigenvalue weighted by Gasteiger charge is 2.17. The first-order valence-electron chi connectivity index (χ1n) is 6.02. The molecule has 0 fully saturated rings. The molecule has 1 aromatic carbocycles. The number of nitrogens with zero attached hydrogens (tertiary/aromatic N) is 2. The second-order valence-electron chi connectivity index (χ2n) is 3.80. The number of thioether (sulfide) groups is 1. The highest BCUT2D eigenvalue weighted by molar-refractivity contribution is 8.01. The SMILES string of the molecule is C=CCSc1nnc(NC(=O)c2ccccc2OC(F)F)s1. The van der Waals surface area contributed by atoms with E-state index in [9.17, 15) is 13.6 Å². The Morgan fingerprint density at radius 3 is 2.95 bits per heavy atom. The van der Waals surface area contributed by atoms with Crippen LogP contribution in [0.5, 0.6) is 5.75 Å². The van der Waals surface area contributed by atoms with Gasteiger partial charge in [0.2, 0.25) is 5.13 Å². The van der Waals surface area contributed by atoms with Crippen LogP contribution in [-0.2, 0) is 0 Å². The monoisotopic (exact) mass is 343 g/mol. The van der Waals surface area contributed by atoms with Crippen molar-refractivity contribution in [1.82, 2.24) is 10.2 Å². The summed E-state index contributed by atoms with van der Waals surface area (Å²) in [5.74, 6) is -0.110. The van der Waals surface area contributed by atoms with E-state index in [1.54, 1.807) is 12.1 Å². The molecule has 1 amide bonds. The van der Waals surface area contributed by atoms with E-state index in [4.69, 9.17) is 0 Å². The van der Waals surface area contributed by atoms with E-state index in [0.29, 0.717) is 10.1 Å². The molecule has 1 heterocycles. The molecule has 0 bridgehead atoms. The van der Waals surface area contributed by atoms with Crippen LogP contribution in [0.2, 0.25) is 0 Å². The lowest BCUT2D eigenvalue weighted by atomic mass is 10.2. The van der Waals surface area contributed by atoms with Gasteiger partial charge in [0.15, 0.2) is 4.34 Å². The average molecular weight is 343 g/mol. The number of aromatic nitrogens is 2. The first-order valence-corrected chi connectivity index (χ1v) is 7.82. The van der Waals surface area contributed by atoms with Gasteiger partial charge in [-0.05, 0) is 12.1 Å². The van der Waals surface area contributed by atoms with Crippen LogP contribution in [0, 0.1) is 0 Å². The molecule has 0 saturated carbocycles. The van der Waals surface area contributed by atoms with Crippen molar-refractivity contribution in [1.29, 1.82) is 0 Å². The fourth-order valence-electron chi connectivity index (χ4n) is 1.47. The van der Waals surface area contributed by atoms with Crippen molar-refractivity contribution in [3.8, 4) is 5.75 Å². The molecule has 1 N–H and O–H groups in total. The third-order valence-electron chi connectivity index (χ3n) is 2.30. The standard InChI is InChI=1S/C13H11F2N3O2S2/c1-2-7-21-13-18-17-12(22-13)16-10(19)8-5-3-4-6-9(8)20-11(14)15/h2-6,11H,1,7H2,(H,16,17,19). The van der Waals surface area contributed by atoms with E-state index in [0.717, 1.165) is 0 Å². The number of nitrogens with one attached hydrogen (secondary N) is 1. The first-order chi connectivity index (χ1) is 10.6. The summed E-state index contributed by atoms with van der Waals surface area (Å²) in [6.45, 7) is 0.592. The topological polar surface area (TPSA) is 64.1 Å². The summed E-state index contributed by atoms with van der Waals surface area (Å²) in [5, 5.41) is 10.5. The zero-order valence-corrected chi connectivity index (χ0v) is 12.8. The van der Waals surface area contributed by atoms with Crippen molar-refractivity contribution in [2.45, 2.75) is 11.0 Å². The summed E-state index contributed by atoms with van der Waals surface area (Å²) in [7, 11) is 0. The molecule has 0 saturated heterocycles. The highest BCUT2D eigenvalue weighted by Crippen LogP contribution is 2.27. The molecule has 0 atom stereocenters. The predicted molar refractivity (Wildman–Crippen MR) is 81.9 cm³/mol. The van der Waals surface area contributed by atoms with Gasteiger partial charge in [-0.15, -0.1) is 16.8 Å². The number of carbonyl (C=O) groups is 1. The van der Waals surface area contributed by atoms with Crippen molar-refractivity contribution in [2.75, 3.05) is 11.1 Å². The molecule has 5 nitrogen and oxygen atoms in total. The Bertz CT molecular complexity index is 664. The zero-order valence-electron chi connectivity index (χ0n) is 11.2. The second-order valence-corrected chi connectivity index (χ2v) is 6.05. The third kappa shape index (κ3) is 4.50. The maximum atomic E-state index is 12.3. The van der Waals surface area contributed by atoms with E-state index in [-0.39, 0.29) is 16.4 Å². The van der Waals surface area contributed by atoms with Crippen molar-refractivity contribution in [3.05, 3.63) is 42.5 Å². The molecular formula is C13H11F2N3O2S2. The summed E-state index contributed by atoms with van der Waals surface area (Å²) in [6.07, 6.45) is 1.72. The van der Waals surface area contributed by atoms with Crippen molar-refractivity contribution < 1.29 is 18.3 Å². The number of alkyl halides is 2. The van der Waals surface area contributed by atoms with Gasteiger partial charge in [0.1, 0.15) is 5.75 Å². The number of carbonyl (C=O) groups excluding carboxylic acids is 1. The summed E-state index contributed by atoms with van der Waals surface area (Å²) in [6, 6.07) is 5.75. The Morgan fingerprint density at radius 1 is 1.45 bits per heavy atom. The fourth-order valence-corrected chi connectivity index (χ4v) is 2.97. The summed E-state index contributed by atoms with van der Waals surface area (Å²) < 4.78 is 29.6. The second kappa shape index (κ2) is 7.85. The molecule has 0 unspecified atom stereocenters. The van der Waals surface area contributed by atoms with E-state index < -0.39 is 12.5 Å². The number of ether oxygens (including phenoxy) is 1. The molecule has 0 aliphatic rings. The Balaban J connectivity index is 2.09. The average Bonchev–Trinajstić information content (AvgIpc) is 2.92. The van der Waals surface area contributed by atoms with E-state index in [1.165, 1.54) is 41.3 Å². The van der Waals surface area contributed by atoms with E-state index in [1.807, 2.05) is 0 Å². The van der Waals surface area contributed by atoms with Crippen LogP contribution in [-0.4, -0.2) is 28.5 Å². The Morgan fingerprint density at radius 2 is 2.23 bits per heavy atom. The molecule has 1 aromatic heterocycles. The molecular weight excluding hydrogens is 332 g/mol. The lowest BCUT2D eigenvalue weighted by Crippen LogP contribution is -2.14.